The van der Waals surface area contributed by atoms with E-state index in [0.29, 0.717) is 30.2 Å². The molecule has 0 radical (unpaired) electrons. The van der Waals surface area contributed by atoms with Crippen molar-refractivity contribution in [2.24, 2.45) is 0 Å². The van der Waals surface area contributed by atoms with Gasteiger partial charge in [0.05, 0.1) is 6.61 Å². The summed E-state index contributed by atoms with van der Waals surface area (Å²) in [6.07, 6.45) is -3.02. The second-order valence-electron chi connectivity index (χ2n) is 7.75. The number of benzene rings is 1. The van der Waals surface area contributed by atoms with Crippen LogP contribution in [-0.2, 0) is 4.74 Å². The predicted octanol–water partition coefficient (Wildman–Crippen LogP) is -0.653. The number of rotatable bonds is 4. The number of para-hydroxylation sites is 1. The fourth-order valence-corrected chi connectivity index (χ4v) is 4.27. The third kappa shape index (κ3) is 3.35. The summed E-state index contributed by atoms with van der Waals surface area (Å²) in [6, 6.07) is 10.2. The Labute approximate surface area is 178 Å². The van der Waals surface area contributed by atoms with E-state index in [1.165, 1.54) is 6.33 Å². The number of aliphatic hydroxyl groups excluding tert-OH is 3. The van der Waals surface area contributed by atoms with Crippen molar-refractivity contribution in [2.45, 2.75) is 24.5 Å². The van der Waals surface area contributed by atoms with Crippen molar-refractivity contribution in [3.63, 3.8) is 0 Å². The van der Waals surface area contributed by atoms with Gasteiger partial charge in [-0.2, -0.15) is 0 Å². The van der Waals surface area contributed by atoms with Gasteiger partial charge >= 0.3 is 0 Å². The fraction of sp³-hybridized carbons (Fsp3) is 0.450. The minimum absolute atomic E-state index is 0.222. The predicted molar refractivity (Wildman–Crippen MR) is 114 cm³/mol. The number of aliphatic hydroxyl groups is 3. The van der Waals surface area contributed by atoms with Crippen LogP contribution in [0.5, 0.6) is 0 Å². The minimum Gasteiger partial charge on any atom is -0.394 e. The van der Waals surface area contributed by atoms with Gasteiger partial charge in [-0.25, -0.2) is 15.0 Å². The maximum Gasteiger partial charge on any atom is 0.210 e. The molecule has 164 valence electrons. The van der Waals surface area contributed by atoms with Crippen molar-refractivity contribution in [3.8, 4) is 0 Å². The number of nitrogens with two attached hydrogens (primary N) is 1. The maximum absolute atomic E-state index is 10.6. The lowest BCUT2D eigenvalue weighted by Gasteiger charge is -2.37. The Bertz CT molecular complexity index is 1050. The Morgan fingerprint density at radius 1 is 1.00 bits per heavy atom. The monoisotopic (exact) mass is 427 g/mol. The topological polar surface area (TPSA) is 146 Å². The summed E-state index contributed by atoms with van der Waals surface area (Å²) in [5, 5.41) is 30.4. The Balaban J connectivity index is 1.49. The molecule has 2 unspecified atom stereocenters. The summed E-state index contributed by atoms with van der Waals surface area (Å²) in [4.78, 5) is 17.4. The first-order valence-corrected chi connectivity index (χ1v) is 10.2. The highest BCUT2D eigenvalue weighted by Crippen LogP contribution is 2.36. The fourth-order valence-electron chi connectivity index (χ4n) is 4.27. The number of ether oxygens (including phenoxy) is 1. The summed E-state index contributed by atoms with van der Waals surface area (Å²) in [7, 11) is 0. The lowest BCUT2D eigenvalue weighted by Crippen LogP contribution is -2.47. The summed E-state index contributed by atoms with van der Waals surface area (Å²) in [6.45, 7) is 2.51. The van der Waals surface area contributed by atoms with E-state index in [0.717, 1.165) is 18.8 Å². The zero-order chi connectivity index (χ0) is 21.5. The van der Waals surface area contributed by atoms with Gasteiger partial charge in [-0.1, -0.05) is 18.2 Å². The molecule has 4 heterocycles. The Kier molecular flexibility index (Phi) is 5.10. The van der Waals surface area contributed by atoms with E-state index in [9.17, 15) is 15.3 Å². The highest BCUT2D eigenvalue weighted by Gasteiger charge is 2.45. The van der Waals surface area contributed by atoms with Crippen LogP contribution in [0.1, 0.15) is 6.23 Å². The van der Waals surface area contributed by atoms with Crippen LogP contribution < -0.4 is 15.5 Å². The zero-order valence-corrected chi connectivity index (χ0v) is 16.8. The molecule has 0 saturated carbocycles. The van der Waals surface area contributed by atoms with Crippen molar-refractivity contribution < 1.29 is 20.1 Å². The number of hydrogen-bond donors (Lipinski definition) is 4. The molecule has 5 N–H and O–H groups in total. The molecule has 0 bridgehead atoms. The number of fused-ring (bicyclic) bond motifs is 1. The number of hydrogen-bond acceptors (Lipinski definition) is 10. The van der Waals surface area contributed by atoms with Gasteiger partial charge < -0.3 is 35.6 Å². The van der Waals surface area contributed by atoms with Gasteiger partial charge in [0.25, 0.3) is 0 Å². The van der Waals surface area contributed by atoms with Gasteiger partial charge in [0.15, 0.2) is 23.2 Å². The standard InChI is InChI=1S/C20H25N7O4/c21-17-14-18(23-11-22-17)27(19-16(30)15(29)13(10-28)31-19)20(24-14)26-8-6-25(7-9-26)12-4-2-1-3-5-12/h1-5,11,13,15-16,19,28-30H,6-10H2,(H2,21,22,23)/t13-,15?,16?,19-/m1/s1. The van der Waals surface area contributed by atoms with E-state index in [-0.39, 0.29) is 5.82 Å². The largest absolute Gasteiger partial charge is 0.394 e. The van der Waals surface area contributed by atoms with E-state index in [1.54, 1.807) is 4.57 Å². The molecule has 0 amide bonds. The van der Waals surface area contributed by atoms with Crippen molar-refractivity contribution in [1.29, 1.82) is 0 Å². The molecule has 2 aromatic heterocycles. The highest BCUT2D eigenvalue weighted by atomic mass is 16.6. The summed E-state index contributed by atoms with van der Waals surface area (Å²) in [5.74, 6) is 0.754. The lowest BCUT2D eigenvalue weighted by molar-refractivity contribution is -0.0504. The van der Waals surface area contributed by atoms with Gasteiger partial charge in [0.2, 0.25) is 5.95 Å². The van der Waals surface area contributed by atoms with E-state index >= 15 is 0 Å². The van der Waals surface area contributed by atoms with Crippen molar-refractivity contribution >= 4 is 28.6 Å². The first-order chi connectivity index (χ1) is 15.1. The molecule has 2 aliphatic heterocycles. The molecule has 11 heteroatoms. The Hall–Kier alpha value is -2.99. The number of imidazole rings is 1. The molecule has 31 heavy (non-hydrogen) atoms. The Morgan fingerprint density at radius 2 is 1.71 bits per heavy atom. The maximum atomic E-state index is 10.6. The summed E-state index contributed by atoms with van der Waals surface area (Å²) in [5.41, 5.74) is 8.00. The highest BCUT2D eigenvalue weighted by molar-refractivity contribution is 5.84. The molecule has 2 aliphatic rings. The van der Waals surface area contributed by atoms with Gasteiger partial charge in [-0.05, 0) is 12.1 Å². The molecule has 2 fully saturated rings. The first kappa shape index (κ1) is 19.9. The van der Waals surface area contributed by atoms with Crippen molar-refractivity contribution in [3.05, 3.63) is 36.7 Å². The average molecular weight is 427 g/mol. The van der Waals surface area contributed by atoms with Crippen LogP contribution in [0, 0.1) is 0 Å². The molecule has 1 aromatic carbocycles. The molecular weight excluding hydrogens is 402 g/mol. The summed E-state index contributed by atoms with van der Waals surface area (Å²) < 4.78 is 7.43. The molecule has 4 atom stereocenters. The van der Waals surface area contributed by atoms with Crippen molar-refractivity contribution in [1.82, 2.24) is 19.5 Å². The second-order valence-corrected chi connectivity index (χ2v) is 7.75. The van der Waals surface area contributed by atoms with Crippen LogP contribution in [0.25, 0.3) is 11.2 Å². The molecule has 2 saturated heterocycles. The van der Waals surface area contributed by atoms with E-state index in [1.807, 2.05) is 18.2 Å². The van der Waals surface area contributed by atoms with Crippen LogP contribution in [0.4, 0.5) is 17.5 Å². The Morgan fingerprint density at radius 3 is 2.39 bits per heavy atom. The third-order valence-electron chi connectivity index (χ3n) is 5.94. The normalized spacial score (nSPS) is 26.7. The molecule has 0 aliphatic carbocycles. The van der Waals surface area contributed by atoms with Crippen LogP contribution >= 0.6 is 0 Å². The quantitative estimate of drug-likeness (QED) is 0.423. The van der Waals surface area contributed by atoms with Gasteiger partial charge in [-0.15, -0.1) is 0 Å². The average Bonchev–Trinajstić information content (AvgIpc) is 3.33. The van der Waals surface area contributed by atoms with Gasteiger partial charge in [0.1, 0.15) is 24.6 Å². The number of nitrogens with zero attached hydrogens (tertiary/aromatic N) is 6. The summed E-state index contributed by atoms with van der Waals surface area (Å²) >= 11 is 0. The first-order valence-electron chi connectivity index (χ1n) is 10.2. The number of nitrogen functional groups attached to an aromatic ring is 1. The van der Waals surface area contributed by atoms with E-state index in [2.05, 4.69) is 36.9 Å². The van der Waals surface area contributed by atoms with Crippen LogP contribution in [0.3, 0.4) is 0 Å². The SMILES string of the molecule is Nc1ncnc2c1nc(N1CCN(c3ccccc3)CC1)n2[C@@H]1O[C@H](CO)C(O)C1O. The zero-order valence-electron chi connectivity index (χ0n) is 16.8. The lowest BCUT2D eigenvalue weighted by atomic mass is 10.1. The molecule has 5 rings (SSSR count). The van der Waals surface area contributed by atoms with Gasteiger partial charge in [0, 0.05) is 31.9 Å². The molecule has 3 aromatic rings. The molecular formula is C20H25N7O4. The van der Waals surface area contributed by atoms with E-state index < -0.39 is 31.1 Å². The molecule has 11 nitrogen and oxygen atoms in total. The van der Waals surface area contributed by atoms with Crippen LogP contribution in [0.2, 0.25) is 0 Å². The number of piperazine rings is 1. The third-order valence-corrected chi connectivity index (χ3v) is 5.94. The second kappa shape index (κ2) is 7.93. The molecule has 0 spiro atoms. The minimum atomic E-state index is -1.25. The number of anilines is 3. The van der Waals surface area contributed by atoms with Crippen LogP contribution in [0.15, 0.2) is 36.7 Å². The van der Waals surface area contributed by atoms with Crippen molar-refractivity contribution in [2.75, 3.05) is 48.3 Å². The van der Waals surface area contributed by atoms with Gasteiger partial charge in [-0.3, -0.25) is 4.57 Å². The van der Waals surface area contributed by atoms with E-state index in [4.69, 9.17) is 10.5 Å². The van der Waals surface area contributed by atoms with Crippen LogP contribution in [-0.4, -0.2) is 85.9 Å². The smallest absolute Gasteiger partial charge is 0.210 e. The number of aromatic nitrogens is 4.